The van der Waals surface area contributed by atoms with Gasteiger partial charge in [0.2, 0.25) is 0 Å². The predicted molar refractivity (Wildman–Crippen MR) is 99.3 cm³/mol. The van der Waals surface area contributed by atoms with Gasteiger partial charge in [-0.25, -0.2) is 4.79 Å². The number of carbonyl (C=O) groups excluding carboxylic acids is 1. The molecule has 0 bridgehead atoms. The number of carbonyl (C=O) groups is 1. The van der Waals surface area contributed by atoms with Crippen LogP contribution in [0.3, 0.4) is 0 Å². The van der Waals surface area contributed by atoms with Gasteiger partial charge in [0.05, 0.1) is 13.2 Å². The summed E-state index contributed by atoms with van der Waals surface area (Å²) in [6, 6.07) is 9.51. The molecule has 0 atom stereocenters. The molecule has 1 aliphatic rings. The van der Waals surface area contributed by atoms with Crippen molar-refractivity contribution in [2.75, 3.05) is 18.5 Å². The van der Waals surface area contributed by atoms with Crippen LogP contribution in [0, 0.1) is 0 Å². The minimum absolute atomic E-state index is 0.362. The Balaban J connectivity index is 1.66. The second kappa shape index (κ2) is 8.07. The molecule has 0 unspecified atom stereocenters. The van der Waals surface area contributed by atoms with Crippen molar-refractivity contribution in [2.24, 2.45) is 0 Å². The predicted octanol–water partition coefficient (Wildman–Crippen LogP) is 4.63. The number of anilines is 1. The first-order chi connectivity index (χ1) is 12.4. The standard InChI is InChI=1S/C19H22N2O4S/c1-19(2,3)25-18(22)21-13-4-6-14(7-5-13)26-16-8-9-20-12-15(16)17-23-10-11-24-17/h4-9,12,17H,10-11H2,1-3H3,(H,21,22). The molecule has 0 aliphatic carbocycles. The Morgan fingerprint density at radius 3 is 2.54 bits per heavy atom. The summed E-state index contributed by atoms with van der Waals surface area (Å²) in [4.78, 5) is 18.1. The molecule has 0 saturated carbocycles. The normalized spacial score (nSPS) is 15.0. The molecule has 2 heterocycles. The van der Waals surface area contributed by atoms with Gasteiger partial charge in [-0.05, 0) is 51.1 Å². The van der Waals surface area contributed by atoms with Crippen LogP contribution < -0.4 is 5.32 Å². The molecule has 1 aliphatic heterocycles. The van der Waals surface area contributed by atoms with Crippen LogP contribution in [0.5, 0.6) is 0 Å². The van der Waals surface area contributed by atoms with Crippen molar-refractivity contribution in [3.63, 3.8) is 0 Å². The van der Waals surface area contributed by atoms with Gasteiger partial charge in [-0.3, -0.25) is 10.3 Å². The number of nitrogens with one attached hydrogen (secondary N) is 1. The Morgan fingerprint density at radius 2 is 1.88 bits per heavy atom. The SMILES string of the molecule is CC(C)(C)OC(=O)Nc1ccc(Sc2ccncc2C2OCCO2)cc1. The molecule has 2 aromatic rings. The zero-order chi connectivity index (χ0) is 18.6. The number of nitrogens with zero attached hydrogens (tertiary/aromatic N) is 1. The molecule has 1 amide bonds. The van der Waals surface area contributed by atoms with Crippen molar-refractivity contribution >= 4 is 23.5 Å². The highest BCUT2D eigenvalue weighted by atomic mass is 32.2. The lowest BCUT2D eigenvalue weighted by Gasteiger charge is -2.19. The fraction of sp³-hybridized carbons (Fsp3) is 0.368. The summed E-state index contributed by atoms with van der Waals surface area (Å²) in [5, 5.41) is 2.73. The van der Waals surface area contributed by atoms with E-state index in [9.17, 15) is 4.79 Å². The number of aromatic nitrogens is 1. The third-order valence-corrected chi connectivity index (χ3v) is 4.51. The van der Waals surface area contributed by atoms with Gasteiger partial charge >= 0.3 is 6.09 Å². The van der Waals surface area contributed by atoms with Crippen LogP contribution in [0.25, 0.3) is 0 Å². The molecule has 1 N–H and O–H groups in total. The molecule has 3 rings (SSSR count). The fourth-order valence-electron chi connectivity index (χ4n) is 2.36. The van der Waals surface area contributed by atoms with Crippen molar-refractivity contribution in [3.8, 4) is 0 Å². The van der Waals surface area contributed by atoms with Gasteiger partial charge in [-0.1, -0.05) is 11.8 Å². The highest BCUT2D eigenvalue weighted by Gasteiger charge is 2.22. The third-order valence-electron chi connectivity index (χ3n) is 3.41. The van der Waals surface area contributed by atoms with Crippen LogP contribution >= 0.6 is 11.8 Å². The van der Waals surface area contributed by atoms with Gasteiger partial charge in [0.1, 0.15) is 5.60 Å². The van der Waals surface area contributed by atoms with E-state index in [0.29, 0.717) is 18.9 Å². The number of rotatable bonds is 4. The molecule has 1 fully saturated rings. The molecule has 0 radical (unpaired) electrons. The second-order valence-corrected chi connectivity index (χ2v) is 7.86. The average molecular weight is 374 g/mol. The topological polar surface area (TPSA) is 69.7 Å². The maximum absolute atomic E-state index is 11.8. The van der Waals surface area contributed by atoms with Gasteiger partial charge in [0.15, 0.2) is 6.29 Å². The van der Waals surface area contributed by atoms with Crippen molar-refractivity contribution in [1.82, 2.24) is 4.98 Å². The van der Waals surface area contributed by atoms with Crippen molar-refractivity contribution in [2.45, 2.75) is 42.5 Å². The van der Waals surface area contributed by atoms with Gasteiger partial charge in [0.25, 0.3) is 0 Å². The maximum atomic E-state index is 11.8. The van der Waals surface area contributed by atoms with Crippen molar-refractivity contribution in [1.29, 1.82) is 0 Å². The van der Waals surface area contributed by atoms with E-state index >= 15 is 0 Å². The highest BCUT2D eigenvalue weighted by Crippen LogP contribution is 2.36. The monoisotopic (exact) mass is 374 g/mol. The first-order valence-corrected chi connectivity index (χ1v) is 9.17. The molecular formula is C19H22N2O4S. The number of pyridine rings is 1. The van der Waals surface area contributed by atoms with E-state index in [4.69, 9.17) is 14.2 Å². The van der Waals surface area contributed by atoms with E-state index in [1.54, 1.807) is 24.2 Å². The number of amides is 1. The molecule has 138 valence electrons. The lowest BCUT2D eigenvalue weighted by molar-refractivity contribution is -0.0462. The number of benzene rings is 1. The first-order valence-electron chi connectivity index (χ1n) is 8.36. The van der Waals surface area contributed by atoms with Crippen LogP contribution in [0.4, 0.5) is 10.5 Å². The summed E-state index contributed by atoms with van der Waals surface area (Å²) in [6.07, 6.45) is 2.69. The average Bonchev–Trinajstić information content (AvgIpc) is 3.10. The molecular weight excluding hydrogens is 352 g/mol. The van der Waals surface area contributed by atoms with Crippen LogP contribution in [-0.2, 0) is 14.2 Å². The Morgan fingerprint density at radius 1 is 1.19 bits per heavy atom. The Hall–Kier alpha value is -2.09. The van der Waals surface area contributed by atoms with Gasteiger partial charge in [0, 0.05) is 33.4 Å². The van der Waals surface area contributed by atoms with Crippen molar-refractivity contribution in [3.05, 3.63) is 48.3 Å². The highest BCUT2D eigenvalue weighted by molar-refractivity contribution is 7.99. The van der Waals surface area contributed by atoms with Gasteiger partial charge in [-0.15, -0.1) is 0 Å². The van der Waals surface area contributed by atoms with Crippen LogP contribution in [-0.4, -0.2) is 29.9 Å². The Bertz CT molecular complexity index is 753. The molecule has 6 nitrogen and oxygen atoms in total. The first kappa shape index (κ1) is 18.7. The number of hydrogen-bond acceptors (Lipinski definition) is 6. The quantitative estimate of drug-likeness (QED) is 0.842. The second-order valence-electron chi connectivity index (χ2n) is 6.74. The maximum Gasteiger partial charge on any atom is 0.412 e. The Labute approximate surface area is 157 Å². The lowest BCUT2D eigenvalue weighted by atomic mass is 10.2. The van der Waals surface area contributed by atoms with E-state index in [-0.39, 0.29) is 6.29 Å². The summed E-state index contributed by atoms with van der Waals surface area (Å²) in [5.74, 6) is 0. The van der Waals surface area contributed by atoms with Gasteiger partial charge in [-0.2, -0.15) is 0 Å². The largest absolute Gasteiger partial charge is 0.444 e. The third kappa shape index (κ3) is 5.20. The minimum atomic E-state index is -0.526. The zero-order valence-electron chi connectivity index (χ0n) is 15.0. The van der Waals surface area contributed by atoms with E-state index in [0.717, 1.165) is 15.4 Å². The minimum Gasteiger partial charge on any atom is -0.444 e. The van der Waals surface area contributed by atoms with Crippen LogP contribution in [0.2, 0.25) is 0 Å². The molecule has 1 aromatic heterocycles. The molecule has 0 spiro atoms. The smallest absolute Gasteiger partial charge is 0.412 e. The summed E-state index contributed by atoms with van der Waals surface area (Å²) in [6.45, 7) is 6.67. The van der Waals surface area contributed by atoms with Crippen LogP contribution in [0.15, 0.2) is 52.5 Å². The summed E-state index contributed by atoms with van der Waals surface area (Å²) >= 11 is 1.59. The molecule has 1 aromatic carbocycles. The number of hydrogen-bond donors (Lipinski definition) is 1. The fourth-order valence-corrected chi connectivity index (χ4v) is 3.28. The summed E-state index contributed by atoms with van der Waals surface area (Å²) in [5.41, 5.74) is 1.08. The van der Waals surface area contributed by atoms with E-state index in [1.807, 2.05) is 51.1 Å². The van der Waals surface area contributed by atoms with E-state index in [2.05, 4.69) is 10.3 Å². The van der Waals surface area contributed by atoms with E-state index < -0.39 is 11.7 Å². The van der Waals surface area contributed by atoms with Crippen LogP contribution in [0.1, 0.15) is 32.6 Å². The summed E-state index contributed by atoms with van der Waals surface area (Å²) in [7, 11) is 0. The zero-order valence-corrected chi connectivity index (χ0v) is 15.8. The number of ether oxygens (including phenoxy) is 3. The molecule has 1 saturated heterocycles. The molecule has 26 heavy (non-hydrogen) atoms. The lowest BCUT2D eigenvalue weighted by Crippen LogP contribution is -2.27. The van der Waals surface area contributed by atoms with Crippen molar-refractivity contribution < 1.29 is 19.0 Å². The molecule has 7 heteroatoms. The van der Waals surface area contributed by atoms with Gasteiger partial charge < -0.3 is 14.2 Å². The Kier molecular flexibility index (Phi) is 5.80. The summed E-state index contributed by atoms with van der Waals surface area (Å²) < 4.78 is 16.4. The van der Waals surface area contributed by atoms with E-state index in [1.165, 1.54) is 0 Å².